The monoisotopic (exact) mass is 355 g/mol. The second-order valence-electron chi connectivity index (χ2n) is 2.57. The molecule has 0 aliphatic carbocycles. The molecule has 0 aliphatic heterocycles. The lowest BCUT2D eigenvalue weighted by atomic mass is 10.3. The van der Waals surface area contributed by atoms with Gasteiger partial charge in [-0.2, -0.15) is 0 Å². The van der Waals surface area contributed by atoms with E-state index in [0.717, 1.165) is 0 Å². The third-order valence-electron chi connectivity index (χ3n) is 1.43. The van der Waals surface area contributed by atoms with Gasteiger partial charge in [-0.25, -0.2) is 8.78 Å². The van der Waals surface area contributed by atoms with Crippen molar-refractivity contribution in [2.24, 2.45) is 0 Å². The number of aromatic amines is 1. The largest absolute Gasteiger partial charge is 0.573 e. The summed E-state index contributed by atoms with van der Waals surface area (Å²) in [5.74, 6) is -1.07. The summed E-state index contributed by atoms with van der Waals surface area (Å²) >= 11 is 1.37. The minimum atomic E-state index is -5.04. The third-order valence-corrected chi connectivity index (χ3v) is 2.32. The van der Waals surface area contributed by atoms with Gasteiger partial charge in [-0.3, -0.25) is 4.79 Å². The lowest BCUT2D eigenvalue weighted by Crippen LogP contribution is -2.23. The molecule has 0 saturated heterocycles. The van der Waals surface area contributed by atoms with Gasteiger partial charge in [0, 0.05) is 9.64 Å². The molecule has 0 aliphatic rings. The molecule has 90 valence electrons. The fourth-order valence-corrected chi connectivity index (χ4v) is 1.51. The molecule has 9 heteroatoms. The Morgan fingerprint density at radius 1 is 1.38 bits per heavy atom. The molecule has 1 rings (SSSR count). The molecule has 0 radical (unpaired) electrons. The van der Waals surface area contributed by atoms with Crippen LogP contribution >= 0.6 is 22.6 Å². The number of H-pyrrole nitrogens is 1. The smallest absolute Gasteiger partial charge is 0.400 e. The van der Waals surface area contributed by atoms with E-state index < -0.39 is 29.8 Å². The van der Waals surface area contributed by atoms with Crippen LogP contribution in [0.1, 0.15) is 12.1 Å². The summed E-state index contributed by atoms with van der Waals surface area (Å²) < 4.78 is 63.0. The molecular weight excluding hydrogens is 352 g/mol. The highest BCUT2D eigenvalue weighted by molar-refractivity contribution is 14.1. The minimum absolute atomic E-state index is 0.216. The van der Waals surface area contributed by atoms with Crippen LogP contribution in [0.25, 0.3) is 0 Å². The maximum absolute atomic E-state index is 12.2. The standard InChI is InChI=1S/C7H3F5INO2/c8-5(9)4-2(13)1-3(6(15)14-4)16-7(10,11)12/h1,5H,(H,14,15). The van der Waals surface area contributed by atoms with Gasteiger partial charge >= 0.3 is 6.36 Å². The van der Waals surface area contributed by atoms with Crippen LogP contribution in [0.4, 0.5) is 22.0 Å². The van der Waals surface area contributed by atoms with Gasteiger partial charge in [0.15, 0.2) is 5.75 Å². The van der Waals surface area contributed by atoms with E-state index in [1.807, 2.05) is 0 Å². The molecule has 0 amide bonds. The Kier molecular flexibility index (Phi) is 3.76. The van der Waals surface area contributed by atoms with Crippen molar-refractivity contribution in [2.45, 2.75) is 12.8 Å². The maximum atomic E-state index is 12.2. The van der Waals surface area contributed by atoms with Crippen LogP contribution < -0.4 is 10.3 Å². The number of pyridine rings is 1. The number of aromatic nitrogens is 1. The predicted octanol–water partition coefficient (Wildman–Crippen LogP) is 2.82. The Labute approximate surface area is 98.7 Å². The van der Waals surface area contributed by atoms with E-state index in [2.05, 4.69) is 4.74 Å². The van der Waals surface area contributed by atoms with E-state index in [1.54, 1.807) is 4.98 Å². The highest BCUT2D eigenvalue weighted by Gasteiger charge is 2.32. The van der Waals surface area contributed by atoms with Gasteiger partial charge in [-0.1, -0.05) is 0 Å². The molecule has 0 fully saturated rings. The topological polar surface area (TPSA) is 42.1 Å². The Hall–Kier alpha value is -0.870. The first-order chi connectivity index (χ1) is 7.20. The average Bonchev–Trinajstić information content (AvgIpc) is 2.07. The first-order valence-corrected chi connectivity index (χ1v) is 4.75. The number of rotatable bonds is 2. The van der Waals surface area contributed by atoms with E-state index in [-0.39, 0.29) is 3.57 Å². The SMILES string of the molecule is O=c1[nH]c(C(F)F)c(I)cc1OC(F)(F)F. The van der Waals surface area contributed by atoms with Crippen molar-refractivity contribution < 1.29 is 26.7 Å². The van der Waals surface area contributed by atoms with Gasteiger partial charge in [0.25, 0.3) is 12.0 Å². The normalized spacial score (nSPS) is 11.9. The highest BCUT2D eigenvalue weighted by Crippen LogP contribution is 2.25. The molecule has 0 bridgehead atoms. The maximum Gasteiger partial charge on any atom is 0.573 e. The van der Waals surface area contributed by atoms with Crippen molar-refractivity contribution in [3.05, 3.63) is 25.7 Å². The van der Waals surface area contributed by atoms with Gasteiger partial charge < -0.3 is 9.72 Å². The molecule has 0 saturated carbocycles. The quantitative estimate of drug-likeness (QED) is 0.655. The average molecular weight is 355 g/mol. The number of ether oxygens (including phenoxy) is 1. The summed E-state index contributed by atoms with van der Waals surface area (Å²) in [6.07, 6.45) is -8.01. The Morgan fingerprint density at radius 2 is 1.94 bits per heavy atom. The number of alkyl halides is 5. The first kappa shape index (κ1) is 13.2. The lowest BCUT2D eigenvalue weighted by molar-refractivity contribution is -0.275. The van der Waals surface area contributed by atoms with Crippen molar-refractivity contribution in [2.75, 3.05) is 0 Å². The predicted molar refractivity (Wildman–Crippen MR) is 51.4 cm³/mol. The van der Waals surface area contributed by atoms with Crippen molar-refractivity contribution >= 4 is 22.6 Å². The van der Waals surface area contributed by atoms with Crippen LogP contribution in [0.15, 0.2) is 10.9 Å². The minimum Gasteiger partial charge on any atom is -0.400 e. The summed E-state index contributed by atoms with van der Waals surface area (Å²) in [5.41, 5.74) is -2.09. The van der Waals surface area contributed by atoms with Gasteiger partial charge in [-0.05, 0) is 22.6 Å². The van der Waals surface area contributed by atoms with E-state index in [9.17, 15) is 26.7 Å². The zero-order chi connectivity index (χ0) is 12.5. The van der Waals surface area contributed by atoms with E-state index >= 15 is 0 Å². The van der Waals surface area contributed by atoms with Gasteiger partial charge in [0.2, 0.25) is 0 Å². The molecule has 0 aromatic carbocycles. The van der Waals surface area contributed by atoms with Crippen molar-refractivity contribution in [3.63, 3.8) is 0 Å². The van der Waals surface area contributed by atoms with E-state index in [1.165, 1.54) is 22.6 Å². The van der Waals surface area contributed by atoms with Gasteiger partial charge in [-0.15, -0.1) is 13.2 Å². The summed E-state index contributed by atoms with van der Waals surface area (Å²) in [4.78, 5) is 12.6. The van der Waals surface area contributed by atoms with Crippen molar-refractivity contribution in [1.29, 1.82) is 0 Å². The number of nitrogens with one attached hydrogen (secondary N) is 1. The zero-order valence-electron chi connectivity index (χ0n) is 7.24. The Bertz CT molecular complexity index is 441. The number of hydrogen-bond acceptors (Lipinski definition) is 2. The lowest BCUT2D eigenvalue weighted by Gasteiger charge is -2.09. The summed E-state index contributed by atoms with van der Waals surface area (Å²) in [6.45, 7) is 0. The molecule has 0 atom stereocenters. The van der Waals surface area contributed by atoms with E-state index in [0.29, 0.717) is 6.07 Å². The molecule has 1 heterocycles. The molecular formula is C7H3F5INO2. The summed E-state index contributed by atoms with van der Waals surface area (Å²) in [7, 11) is 0. The van der Waals surface area contributed by atoms with Crippen molar-refractivity contribution in [1.82, 2.24) is 4.98 Å². The zero-order valence-corrected chi connectivity index (χ0v) is 9.40. The van der Waals surface area contributed by atoms with Crippen molar-refractivity contribution in [3.8, 4) is 5.75 Å². The molecule has 0 unspecified atom stereocenters. The number of halogens is 6. The van der Waals surface area contributed by atoms with E-state index in [4.69, 9.17) is 0 Å². The van der Waals surface area contributed by atoms with Gasteiger partial charge in [0.1, 0.15) is 0 Å². The van der Waals surface area contributed by atoms with Crippen LogP contribution in [-0.4, -0.2) is 11.3 Å². The second kappa shape index (κ2) is 4.55. The highest BCUT2D eigenvalue weighted by atomic mass is 127. The summed E-state index contributed by atoms with van der Waals surface area (Å²) in [6, 6.07) is 0.606. The Morgan fingerprint density at radius 3 is 2.38 bits per heavy atom. The Balaban J connectivity index is 3.16. The van der Waals surface area contributed by atoms with Crippen LogP contribution in [0.2, 0.25) is 0 Å². The van der Waals surface area contributed by atoms with Crippen LogP contribution in [0, 0.1) is 3.57 Å². The summed E-state index contributed by atoms with van der Waals surface area (Å²) in [5, 5.41) is 0. The molecule has 16 heavy (non-hydrogen) atoms. The third kappa shape index (κ3) is 3.32. The molecule has 3 nitrogen and oxygen atoms in total. The fourth-order valence-electron chi connectivity index (χ4n) is 0.861. The first-order valence-electron chi connectivity index (χ1n) is 3.67. The molecule has 0 spiro atoms. The van der Waals surface area contributed by atoms with Crippen LogP contribution in [0.3, 0.4) is 0 Å². The molecule has 1 aromatic rings. The van der Waals surface area contributed by atoms with Gasteiger partial charge in [0.05, 0.1) is 5.69 Å². The second-order valence-corrected chi connectivity index (χ2v) is 3.74. The molecule has 1 aromatic heterocycles. The van der Waals surface area contributed by atoms with Crippen LogP contribution in [-0.2, 0) is 0 Å². The van der Waals surface area contributed by atoms with Crippen LogP contribution in [0.5, 0.6) is 5.75 Å². The fraction of sp³-hybridized carbons (Fsp3) is 0.286. The molecule has 1 N–H and O–H groups in total. The number of hydrogen-bond donors (Lipinski definition) is 1.